The largest absolute Gasteiger partial charge is 0.459 e. The molecular formula is C18H13Cl2NO2S. The van der Waals surface area contributed by atoms with Crippen LogP contribution in [0.5, 0.6) is 0 Å². The van der Waals surface area contributed by atoms with Crippen LogP contribution >= 0.6 is 35.0 Å². The highest BCUT2D eigenvalue weighted by atomic mass is 35.5. The topological polar surface area (TPSA) is 42.2 Å². The molecule has 3 nitrogen and oxygen atoms in total. The standard InChI is InChI=1S/C18H13Cl2NO2S/c19-14-7-4-8-15(16(14)20)21-18(22)17-12(9-10-23-17)11-24-13-5-2-1-3-6-13/h1-10H,11H2,(H,21,22). The predicted octanol–water partition coefficient (Wildman–Crippen LogP) is 6.13. The highest BCUT2D eigenvalue weighted by Gasteiger charge is 2.17. The molecule has 6 heteroatoms. The monoisotopic (exact) mass is 377 g/mol. The number of thioether (sulfide) groups is 1. The Morgan fingerprint density at radius 2 is 1.83 bits per heavy atom. The molecule has 2 aromatic carbocycles. The Kier molecular flexibility index (Phi) is 5.51. The maximum absolute atomic E-state index is 12.5. The number of hydrogen-bond donors (Lipinski definition) is 1. The zero-order chi connectivity index (χ0) is 16.9. The second kappa shape index (κ2) is 7.79. The van der Waals surface area contributed by atoms with Gasteiger partial charge in [0.2, 0.25) is 0 Å². The van der Waals surface area contributed by atoms with E-state index in [-0.39, 0.29) is 11.7 Å². The lowest BCUT2D eigenvalue weighted by molar-refractivity contribution is 0.0996. The average Bonchev–Trinajstić information content (AvgIpc) is 3.07. The molecule has 3 rings (SSSR count). The molecule has 0 aliphatic heterocycles. The van der Waals surface area contributed by atoms with E-state index in [0.717, 1.165) is 10.5 Å². The smallest absolute Gasteiger partial charge is 0.291 e. The maximum atomic E-state index is 12.5. The van der Waals surface area contributed by atoms with E-state index in [1.807, 2.05) is 30.3 Å². The molecule has 1 heterocycles. The lowest BCUT2D eigenvalue weighted by Crippen LogP contribution is -2.13. The first-order valence-corrected chi connectivity index (χ1v) is 8.89. The van der Waals surface area contributed by atoms with Crippen LogP contribution in [0.2, 0.25) is 10.0 Å². The van der Waals surface area contributed by atoms with E-state index in [1.165, 1.54) is 6.26 Å². The van der Waals surface area contributed by atoms with Crippen LogP contribution in [0.25, 0.3) is 0 Å². The summed E-state index contributed by atoms with van der Waals surface area (Å²) >= 11 is 13.7. The molecule has 3 aromatic rings. The molecule has 122 valence electrons. The second-order valence-corrected chi connectivity index (χ2v) is 6.77. The van der Waals surface area contributed by atoms with Crippen molar-refractivity contribution in [3.63, 3.8) is 0 Å². The van der Waals surface area contributed by atoms with Crippen LogP contribution < -0.4 is 5.32 Å². The van der Waals surface area contributed by atoms with Crippen LogP contribution in [0.15, 0.2) is 70.2 Å². The first-order chi connectivity index (χ1) is 11.6. The number of nitrogens with one attached hydrogen (secondary N) is 1. The highest BCUT2D eigenvalue weighted by Crippen LogP contribution is 2.30. The van der Waals surface area contributed by atoms with Crippen molar-refractivity contribution in [2.75, 3.05) is 5.32 Å². The van der Waals surface area contributed by atoms with Gasteiger partial charge in [0.1, 0.15) is 0 Å². The fourth-order valence-electron chi connectivity index (χ4n) is 2.11. The zero-order valence-corrected chi connectivity index (χ0v) is 14.8. The maximum Gasteiger partial charge on any atom is 0.291 e. The van der Waals surface area contributed by atoms with Crippen LogP contribution in [0.4, 0.5) is 5.69 Å². The number of halogens is 2. The Bertz CT molecular complexity index is 849. The van der Waals surface area contributed by atoms with Gasteiger partial charge in [-0.1, -0.05) is 47.5 Å². The summed E-state index contributed by atoms with van der Waals surface area (Å²) in [6.07, 6.45) is 1.51. The van der Waals surface area contributed by atoms with Gasteiger partial charge < -0.3 is 9.73 Å². The van der Waals surface area contributed by atoms with Crippen molar-refractivity contribution in [1.82, 2.24) is 0 Å². The normalized spacial score (nSPS) is 10.6. The first-order valence-electron chi connectivity index (χ1n) is 7.14. The van der Waals surface area contributed by atoms with Crippen molar-refractivity contribution >= 4 is 46.6 Å². The molecule has 0 aliphatic carbocycles. The number of rotatable bonds is 5. The number of anilines is 1. The molecule has 0 aliphatic rings. The predicted molar refractivity (Wildman–Crippen MR) is 99.1 cm³/mol. The fourth-order valence-corrected chi connectivity index (χ4v) is 3.35. The van der Waals surface area contributed by atoms with Crippen molar-refractivity contribution < 1.29 is 9.21 Å². The number of carbonyl (C=O) groups excluding carboxylic acids is 1. The van der Waals surface area contributed by atoms with Crippen LogP contribution in [0, 0.1) is 0 Å². The highest BCUT2D eigenvalue weighted by molar-refractivity contribution is 7.98. The summed E-state index contributed by atoms with van der Waals surface area (Å²) in [7, 11) is 0. The van der Waals surface area contributed by atoms with E-state index >= 15 is 0 Å². The van der Waals surface area contributed by atoms with Crippen molar-refractivity contribution in [2.45, 2.75) is 10.6 Å². The van der Waals surface area contributed by atoms with Gasteiger partial charge >= 0.3 is 0 Å². The van der Waals surface area contributed by atoms with Crippen molar-refractivity contribution in [1.29, 1.82) is 0 Å². The number of benzene rings is 2. The molecule has 0 spiro atoms. The van der Waals surface area contributed by atoms with Gasteiger partial charge in [-0.2, -0.15) is 0 Å². The SMILES string of the molecule is O=C(Nc1cccc(Cl)c1Cl)c1occc1CSc1ccccc1. The minimum absolute atomic E-state index is 0.273. The molecule has 0 fully saturated rings. The zero-order valence-electron chi connectivity index (χ0n) is 12.5. The van der Waals surface area contributed by atoms with E-state index in [0.29, 0.717) is 21.5 Å². The van der Waals surface area contributed by atoms with E-state index in [2.05, 4.69) is 5.32 Å². The lowest BCUT2D eigenvalue weighted by atomic mass is 10.2. The van der Waals surface area contributed by atoms with E-state index in [9.17, 15) is 4.79 Å². The summed E-state index contributed by atoms with van der Waals surface area (Å²) in [5.41, 5.74) is 1.27. The van der Waals surface area contributed by atoms with Crippen LogP contribution in [-0.4, -0.2) is 5.91 Å². The van der Waals surface area contributed by atoms with Gasteiger partial charge in [0.05, 0.1) is 22.0 Å². The number of furan rings is 1. The van der Waals surface area contributed by atoms with Crippen molar-refractivity contribution in [3.05, 3.63) is 82.2 Å². The van der Waals surface area contributed by atoms with Crippen LogP contribution in [0.1, 0.15) is 16.1 Å². The van der Waals surface area contributed by atoms with Gasteiger partial charge in [-0.3, -0.25) is 4.79 Å². The fraction of sp³-hybridized carbons (Fsp3) is 0.0556. The summed E-state index contributed by atoms with van der Waals surface area (Å²) in [5.74, 6) is 0.550. The Hall–Kier alpha value is -1.88. The minimum atomic E-state index is -0.354. The quantitative estimate of drug-likeness (QED) is 0.543. The van der Waals surface area contributed by atoms with Gasteiger partial charge in [0.15, 0.2) is 5.76 Å². The third-order valence-corrected chi connectivity index (χ3v) is 5.17. The summed E-state index contributed by atoms with van der Waals surface area (Å²) in [6, 6.07) is 16.8. The molecule has 24 heavy (non-hydrogen) atoms. The molecule has 0 bridgehead atoms. The summed E-state index contributed by atoms with van der Waals surface area (Å²) in [4.78, 5) is 13.6. The third-order valence-electron chi connectivity index (χ3n) is 3.29. The molecule has 1 amide bonds. The second-order valence-electron chi connectivity index (χ2n) is 4.93. The number of hydrogen-bond acceptors (Lipinski definition) is 3. The van der Waals surface area contributed by atoms with Gasteiger partial charge in [0, 0.05) is 16.2 Å². The van der Waals surface area contributed by atoms with Crippen molar-refractivity contribution in [2.24, 2.45) is 0 Å². The molecular weight excluding hydrogens is 365 g/mol. The Labute approximate surface area is 154 Å². The molecule has 0 unspecified atom stereocenters. The Morgan fingerprint density at radius 3 is 2.62 bits per heavy atom. The Morgan fingerprint density at radius 1 is 1.04 bits per heavy atom. The van der Waals surface area contributed by atoms with Crippen molar-refractivity contribution in [3.8, 4) is 0 Å². The summed E-state index contributed by atoms with van der Waals surface area (Å²) in [5, 5.41) is 3.42. The van der Waals surface area contributed by atoms with Gasteiger partial charge in [0.25, 0.3) is 5.91 Å². The van der Waals surface area contributed by atoms with Gasteiger partial charge in [-0.25, -0.2) is 0 Å². The average molecular weight is 378 g/mol. The van der Waals surface area contributed by atoms with E-state index < -0.39 is 0 Å². The molecule has 0 saturated heterocycles. The summed E-state index contributed by atoms with van der Waals surface area (Å²) < 4.78 is 5.36. The lowest BCUT2D eigenvalue weighted by Gasteiger charge is -2.08. The Balaban J connectivity index is 1.72. The van der Waals surface area contributed by atoms with E-state index in [1.54, 1.807) is 36.0 Å². The van der Waals surface area contributed by atoms with Crippen LogP contribution in [-0.2, 0) is 5.75 Å². The molecule has 1 aromatic heterocycles. The third kappa shape index (κ3) is 3.96. The molecule has 0 saturated carbocycles. The number of amides is 1. The molecule has 0 radical (unpaired) electrons. The van der Waals surface area contributed by atoms with Crippen LogP contribution in [0.3, 0.4) is 0 Å². The van der Waals surface area contributed by atoms with Gasteiger partial charge in [-0.15, -0.1) is 11.8 Å². The number of carbonyl (C=O) groups is 1. The molecule has 0 atom stereocenters. The van der Waals surface area contributed by atoms with Gasteiger partial charge in [-0.05, 0) is 30.3 Å². The minimum Gasteiger partial charge on any atom is -0.459 e. The molecule has 1 N–H and O–H groups in total. The van der Waals surface area contributed by atoms with E-state index in [4.69, 9.17) is 27.6 Å². The summed E-state index contributed by atoms with van der Waals surface area (Å²) in [6.45, 7) is 0. The first kappa shape index (κ1) is 17.0.